The average Bonchev–Trinajstić information content (AvgIpc) is 3.29. The molecule has 0 saturated heterocycles. The van der Waals surface area contributed by atoms with Crippen LogP contribution in [0.4, 0.5) is 5.82 Å². The quantitative estimate of drug-likeness (QED) is 0.313. The second-order valence-electron chi connectivity index (χ2n) is 8.24. The summed E-state index contributed by atoms with van der Waals surface area (Å²) in [7, 11) is 0. The van der Waals surface area contributed by atoms with E-state index >= 15 is 0 Å². The van der Waals surface area contributed by atoms with Crippen LogP contribution in [0.15, 0.2) is 79.0 Å². The molecule has 2 atom stereocenters. The summed E-state index contributed by atoms with van der Waals surface area (Å²) >= 11 is 1.43. The van der Waals surface area contributed by atoms with E-state index in [-0.39, 0.29) is 13.0 Å². The third-order valence-corrected chi connectivity index (χ3v) is 6.96. The Morgan fingerprint density at radius 2 is 1.79 bits per heavy atom. The van der Waals surface area contributed by atoms with Crippen molar-refractivity contribution in [3.63, 3.8) is 0 Å². The summed E-state index contributed by atoms with van der Waals surface area (Å²) in [6, 6.07) is 22.4. The first-order valence-electron chi connectivity index (χ1n) is 10.9. The number of nitrogens with zero attached hydrogens (tertiary/aromatic N) is 1. The van der Waals surface area contributed by atoms with Gasteiger partial charge in [-0.05, 0) is 41.6 Å². The number of nitrogens with one attached hydrogen (secondary N) is 2. The topological polar surface area (TPSA) is 117 Å². The largest absolute Gasteiger partial charge is 0.384 e. The highest BCUT2D eigenvalue weighted by Gasteiger charge is 2.39. The predicted octanol–water partition coefficient (Wildman–Crippen LogP) is 3.13. The summed E-state index contributed by atoms with van der Waals surface area (Å²) in [6.45, 7) is 1.87. The Morgan fingerprint density at radius 3 is 2.50 bits per heavy atom. The van der Waals surface area contributed by atoms with Gasteiger partial charge in [-0.3, -0.25) is 9.59 Å². The number of pyridine rings is 1. The van der Waals surface area contributed by atoms with Gasteiger partial charge >= 0.3 is 0 Å². The smallest absolute Gasteiger partial charge is 0.251 e. The maximum absolute atomic E-state index is 13.5. The van der Waals surface area contributed by atoms with Crippen LogP contribution in [0.2, 0.25) is 0 Å². The SMILES string of the molecule is C[C@](NC(=O)[C@H](O)Cc1ccccc1)(C(=O)NCc1ccc(N)nc1)c1cc2ccccc2s1. The highest BCUT2D eigenvalue weighted by atomic mass is 32.1. The molecule has 4 rings (SSSR count). The average molecular weight is 475 g/mol. The molecule has 2 heterocycles. The summed E-state index contributed by atoms with van der Waals surface area (Å²) in [6.07, 6.45) is 0.438. The Bertz CT molecular complexity index is 1260. The van der Waals surface area contributed by atoms with Gasteiger partial charge in [0.05, 0.1) is 0 Å². The Balaban J connectivity index is 1.58. The Morgan fingerprint density at radius 1 is 1.06 bits per heavy atom. The Kier molecular flexibility index (Phi) is 6.90. The van der Waals surface area contributed by atoms with E-state index in [1.165, 1.54) is 11.3 Å². The third kappa shape index (κ3) is 5.24. The summed E-state index contributed by atoms with van der Waals surface area (Å²) in [5.41, 5.74) is 5.85. The third-order valence-electron chi connectivity index (χ3n) is 5.62. The van der Waals surface area contributed by atoms with E-state index in [1.54, 1.807) is 25.3 Å². The number of aliphatic hydroxyl groups excluding tert-OH is 1. The van der Waals surface area contributed by atoms with Crippen LogP contribution >= 0.6 is 11.3 Å². The molecule has 174 valence electrons. The number of thiophene rings is 1. The number of amides is 2. The van der Waals surface area contributed by atoms with Crippen LogP contribution < -0.4 is 16.4 Å². The number of rotatable bonds is 8. The molecule has 4 aromatic rings. The molecule has 2 aromatic heterocycles. The lowest BCUT2D eigenvalue weighted by Crippen LogP contribution is -2.56. The van der Waals surface area contributed by atoms with Crippen molar-refractivity contribution in [3.8, 4) is 0 Å². The van der Waals surface area contributed by atoms with E-state index in [2.05, 4.69) is 15.6 Å². The fourth-order valence-electron chi connectivity index (χ4n) is 3.62. The minimum absolute atomic E-state index is 0.147. The lowest BCUT2D eigenvalue weighted by Gasteiger charge is -2.29. The van der Waals surface area contributed by atoms with Crippen molar-refractivity contribution in [3.05, 3.63) is 95.0 Å². The predicted molar refractivity (Wildman–Crippen MR) is 134 cm³/mol. The maximum atomic E-state index is 13.5. The van der Waals surface area contributed by atoms with Crippen molar-refractivity contribution < 1.29 is 14.7 Å². The van der Waals surface area contributed by atoms with Gasteiger partial charge in [0.25, 0.3) is 5.91 Å². The monoisotopic (exact) mass is 474 g/mol. The standard InChI is InChI=1S/C26H26N4O3S/c1-26(22-14-19-9-5-6-10-21(19)34-22,25(33)29-16-18-11-12-23(27)28-15-18)30-24(32)20(31)13-17-7-3-2-4-8-17/h2-12,14-15,20,31H,13,16H2,1H3,(H2,27,28)(H,29,33)(H,30,32)/t20-,26-/m1/s1. The number of fused-ring (bicyclic) bond motifs is 1. The summed E-state index contributed by atoms with van der Waals surface area (Å²) in [5, 5.41) is 17.2. The van der Waals surface area contributed by atoms with Gasteiger partial charge in [0.1, 0.15) is 11.9 Å². The molecule has 0 aliphatic heterocycles. The van der Waals surface area contributed by atoms with Crippen molar-refractivity contribution in [2.45, 2.75) is 31.5 Å². The number of carbonyl (C=O) groups excluding carboxylic acids is 2. The maximum Gasteiger partial charge on any atom is 0.251 e. The summed E-state index contributed by atoms with van der Waals surface area (Å²) in [4.78, 5) is 31.2. The van der Waals surface area contributed by atoms with Crippen LogP contribution in [0.5, 0.6) is 0 Å². The fourth-order valence-corrected chi connectivity index (χ4v) is 4.78. The molecule has 0 unspecified atom stereocenters. The lowest BCUT2D eigenvalue weighted by atomic mass is 9.96. The van der Waals surface area contributed by atoms with E-state index in [0.717, 1.165) is 21.2 Å². The molecule has 8 heteroatoms. The minimum Gasteiger partial charge on any atom is -0.384 e. The molecule has 0 spiro atoms. The molecule has 0 bridgehead atoms. The number of nitrogens with two attached hydrogens (primary N) is 1. The van der Waals surface area contributed by atoms with Gasteiger partial charge in [-0.15, -0.1) is 11.3 Å². The van der Waals surface area contributed by atoms with E-state index in [0.29, 0.717) is 10.7 Å². The zero-order valence-electron chi connectivity index (χ0n) is 18.7. The van der Waals surface area contributed by atoms with Crippen molar-refractivity contribution in [2.75, 3.05) is 5.73 Å². The molecule has 0 saturated carbocycles. The zero-order valence-corrected chi connectivity index (χ0v) is 19.5. The number of aromatic nitrogens is 1. The molecule has 2 aromatic carbocycles. The molecule has 0 radical (unpaired) electrons. The van der Waals surface area contributed by atoms with Crippen molar-refractivity contribution in [1.82, 2.24) is 15.6 Å². The van der Waals surface area contributed by atoms with Gasteiger partial charge in [-0.1, -0.05) is 54.6 Å². The van der Waals surface area contributed by atoms with E-state index < -0.39 is 23.5 Å². The minimum atomic E-state index is -1.39. The number of aliphatic hydroxyl groups is 1. The van der Waals surface area contributed by atoms with Gasteiger partial charge in [0, 0.05) is 28.7 Å². The van der Waals surface area contributed by atoms with Crippen LogP contribution in [0.3, 0.4) is 0 Å². The molecule has 34 heavy (non-hydrogen) atoms. The molecule has 2 amide bonds. The Hall–Kier alpha value is -3.75. The fraction of sp³-hybridized carbons (Fsp3) is 0.192. The second kappa shape index (κ2) is 10.0. The molecule has 0 aliphatic carbocycles. The first-order valence-corrected chi connectivity index (χ1v) is 11.7. The number of benzene rings is 2. The molecular weight excluding hydrogens is 448 g/mol. The molecule has 0 aliphatic rings. The normalized spacial score (nSPS) is 13.7. The second-order valence-corrected chi connectivity index (χ2v) is 9.33. The van der Waals surface area contributed by atoms with Gasteiger partial charge in [0.2, 0.25) is 5.91 Å². The molecule has 5 N–H and O–H groups in total. The first kappa shape index (κ1) is 23.4. The summed E-state index contributed by atoms with van der Waals surface area (Å²) < 4.78 is 0.998. The van der Waals surface area contributed by atoms with Crippen LogP contribution in [-0.2, 0) is 28.1 Å². The van der Waals surface area contributed by atoms with Gasteiger partial charge in [0.15, 0.2) is 5.54 Å². The van der Waals surface area contributed by atoms with E-state index in [9.17, 15) is 14.7 Å². The molecule has 7 nitrogen and oxygen atoms in total. The molecule has 0 fully saturated rings. The summed E-state index contributed by atoms with van der Waals surface area (Å²) in [5.74, 6) is -0.617. The van der Waals surface area contributed by atoms with Crippen LogP contribution in [0, 0.1) is 0 Å². The van der Waals surface area contributed by atoms with Gasteiger partial charge in [-0.2, -0.15) is 0 Å². The van der Waals surface area contributed by atoms with Crippen LogP contribution in [-0.4, -0.2) is 28.0 Å². The zero-order chi connectivity index (χ0) is 24.1. The lowest BCUT2D eigenvalue weighted by molar-refractivity contribution is -0.137. The van der Waals surface area contributed by atoms with Crippen molar-refractivity contribution >= 4 is 39.1 Å². The Labute approximate surface area is 201 Å². The molecular formula is C26H26N4O3S. The van der Waals surface area contributed by atoms with E-state index in [4.69, 9.17) is 5.73 Å². The number of anilines is 1. The number of hydrogen-bond acceptors (Lipinski definition) is 6. The number of nitrogen functional groups attached to an aromatic ring is 1. The van der Waals surface area contributed by atoms with Gasteiger partial charge in [-0.25, -0.2) is 4.98 Å². The van der Waals surface area contributed by atoms with Gasteiger partial charge < -0.3 is 21.5 Å². The highest BCUT2D eigenvalue weighted by Crippen LogP contribution is 2.34. The highest BCUT2D eigenvalue weighted by molar-refractivity contribution is 7.19. The first-order chi connectivity index (χ1) is 16.3. The van der Waals surface area contributed by atoms with Crippen LogP contribution in [0.1, 0.15) is 22.9 Å². The van der Waals surface area contributed by atoms with E-state index in [1.807, 2.05) is 60.7 Å². The van der Waals surface area contributed by atoms with Crippen LogP contribution in [0.25, 0.3) is 10.1 Å². The van der Waals surface area contributed by atoms with Crippen molar-refractivity contribution in [2.24, 2.45) is 0 Å². The number of hydrogen-bond donors (Lipinski definition) is 4. The number of carbonyl (C=O) groups is 2. The van der Waals surface area contributed by atoms with Crippen molar-refractivity contribution in [1.29, 1.82) is 0 Å².